The molecule has 7 heteroatoms. The number of anilines is 3. The van der Waals surface area contributed by atoms with Gasteiger partial charge >= 0.3 is 0 Å². The molecule has 0 saturated carbocycles. The van der Waals surface area contributed by atoms with E-state index in [9.17, 15) is 0 Å². The topological polar surface area (TPSA) is 96.3 Å². The zero-order valence-electron chi connectivity index (χ0n) is 11.0. The van der Waals surface area contributed by atoms with Crippen LogP contribution in [-0.2, 0) is 0 Å². The van der Waals surface area contributed by atoms with Crippen molar-refractivity contribution in [1.82, 2.24) is 14.9 Å². The number of piperidine rings is 1. The first-order valence-corrected chi connectivity index (χ1v) is 6.86. The maximum atomic E-state index is 5.72. The third-order valence-corrected chi connectivity index (χ3v) is 4.04. The van der Waals surface area contributed by atoms with E-state index in [-0.39, 0.29) is 5.95 Å². The van der Waals surface area contributed by atoms with Gasteiger partial charge in [-0.05, 0) is 19.4 Å². The van der Waals surface area contributed by atoms with Crippen LogP contribution in [0.25, 0.3) is 0 Å². The number of piperazine rings is 1. The number of nitrogens with two attached hydrogens (primary N) is 2. The second-order valence-electron chi connectivity index (χ2n) is 5.25. The van der Waals surface area contributed by atoms with Gasteiger partial charge in [-0.15, -0.1) is 0 Å². The van der Waals surface area contributed by atoms with Crippen LogP contribution in [0, 0.1) is 0 Å². The van der Waals surface area contributed by atoms with E-state index in [1.54, 1.807) is 0 Å². The molecule has 2 aliphatic rings. The van der Waals surface area contributed by atoms with E-state index >= 15 is 0 Å². The van der Waals surface area contributed by atoms with Crippen molar-refractivity contribution in [1.29, 1.82) is 0 Å². The van der Waals surface area contributed by atoms with Crippen molar-refractivity contribution < 1.29 is 0 Å². The Hall–Kier alpha value is -1.60. The summed E-state index contributed by atoms with van der Waals surface area (Å²) in [7, 11) is 0. The smallest absolute Gasteiger partial charge is 0.223 e. The van der Waals surface area contributed by atoms with Crippen molar-refractivity contribution in [3.05, 3.63) is 6.07 Å². The zero-order valence-corrected chi connectivity index (χ0v) is 11.0. The van der Waals surface area contributed by atoms with Crippen molar-refractivity contribution >= 4 is 17.6 Å². The summed E-state index contributed by atoms with van der Waals surface area (Å²) in [4.78, 5) is 13.2. The lowest BCUT2D eigenvalue weighted by Crippen LogP contribution is -2.55. The number of hydrogen-bond donors (Lipinski definition) is 3. The average Bonchev–Trinajstić information content (AvgIpc) is 2.46. The van der Waals surface area contributed by atoms with Crippen LogP contribution in [0.15, 0.2) is 6.07 Å². The van der Waals surface area contributed by atoms with E-state index < -0.39 is 0 Å². The van der Waals surface area contributed by atoms with Gasteiger partial charge < -0.3 is 16.1 Å². The summed E-state index contributed by atoms with van der Waals surface area (Å²) in [5.41, 5.74) is 8.25. The van der Waals surface area contributed by atoms with Gasteiger partial charge in [-0.1, -0.05) is 6.42 Å². The van der Waals surface area contributed by atoms with Crippen LogP contribution in [0.2, 0.25) is 0 Å². The molecule has 0 amide bonds. The Labute approximate surface area is 112 Å². The van der Waals surface area contributed by atoms with Gasteiger partial charge in [0.05, 0.1) is 0 Å². The molecule has 19 heavy (non-hydrogen) atoms. The van der Waals surface area contributed by atoms with Crippen molar-refractivity contribution in [3.63, 3.8) is 0 Å². The number of hydrazine groups is 1. The van der Waals surface area contributed by atoms with Crippen molar-refractivity contribution in [2.75, 3.05) is 42.2 Å². The fourth-order valence-electron chi connectivity index (χ4n) is 3.05. The van der Waals surface area contributed by atoms with Crippen molar-refractivity contribution in [2.45, 2.75) is 25.3 Å². The number of nitrogen functional groups attached to an aromatic ring is 2. The predicted molar refractivity (Wildman–Crippen MR) is 75.7 cm³/mol. The van der Waals surface area contributed by atoms with Gasteiger partial charge in [-0.3, -0.25) is 4.90 Å². The predicted octanol–water partition coefficient (Wildman–Crippen LogP) is 0.0189. The molecule has 5 N–H and O–H groups in total. The van der Waals surface area contributed by atoms with E-state index in [1.807, 2.05) is 6.07 Å². The van der Waals surface area contributed by atoms with Crippen LogP contribution in [0.4, 0.5) is 17.6 Å². The molecule has 3 rings (SSSR count). The Morgan fingerprint density at radius 2 is 2.11 bits per heavy atom. The Morgan fingerprint density at radius 3 is 2.95 bits per heavy atom. The fraction of sp³-hybridized carbons (Fsp3) is 0.667. The van der Waals surface area contributed by atoms with E-state index in [0.717, 1.165) is 25.5 Å². The summed E-state index contributed by atoms with van der Waals surface area (Å²) in [6.07, 6.45) is 3.94. The van der Waals surface area contributed by atoms with Crippen LogP contribution in [0.5, 0.6) is 0 Å². The second-order valence-corrected chi connectivity index (χ2v) is 5.25. The molecule has 0 radical (unpaired) electrons. The summed E-state index contributed by atoms with van der Waals surface area (Å²) in [5, 5.41) is 0. The number of nitrogens with zero attached hydrogens (tertiary/aromatic N) is 4. The lowest BCUT2D eigenvalue weighted by Gasteiger charge is -2.44. The molecule has 7 nitrogen and oxygen atoms in total. The minimum absolute atomic E-state index is 0.261. The third-order valence-electron chi connectivity index (χ3n) is 4.04. The molecule has 1 aromatic heterocycles. The average molecular weight is 263 g/mol. The van der Waals surface area contributed by atoms with Crippen LogP contribution in [-0.4, -0.2) is 47.1 Å². The number of rotatable bonds is 2. The Morgan fingerprint density at radius 1 is 1.21 bits per heavy atom. The highest BCUT2D eigenvalue weighted by molar-refractivity contribution is 5.52. The molecule has 3 heterocycles. The molecular weight excluding hydrogens is 242 g/mol. The summed E-state index contributed by atoms with van der Waals surface area (Å²) < 4.78 is 0. The molecule has 0 aromatic carbocycles. The van der Waals surface area contributed by atoms with Gasteiger partial charge in [-0.25, -0.2) is 5.84 Å². The SMILES string of the molecule is NNc1cc(N2CCN3CCCCC3C2)nc(N)n1. The third kappa shape index (κ3) is 2.57. The molecule has 2 fully saturated rings. The lowest BCUT2D eigenvalue weighted by molar-refractivity contribution is 0.133. The van der Waals surface area contributed by atoms with E-state index in [4.69, 9.17) is 11.6 Å². The summed E-state index contributed by atoms with van der Waals surface area (Å²) in [6, 6.07) is 2.50. The summed E-state index contributed by atoms with van der Waals surface area (Å²) >= 11 is 0. The lowest BCUT2D eigenvalue weighted by atomic mass is 9.99. The highest BCUT2D eigenvalue weighted by Crippen LogP contribution is 2.25. The monoisotopic (exact) mass is 263 g/mol. The summed E-state index contributed by atoms with van der Waals surface area (Å²) in [5.74, 6) is 7.09. The van der Waals surface area contributed by atoms with Crippen molar-refractivity contribution in [3.8, 4) is 0 Å². The minimum atomic E-state index is 0.261. The highest BCUT2D eigenvalue weighted by Gasteiger charge is 2.29. The standard InChI is InChI=1S/C12H21N7/c13-12-15-10(17-14)7-11(16-12)19-6-5-18-4-2-1-3-9(18)8-19/h7,9H,1-6,8,14H2,(H3,13,15,16,17). The van der Waals surface area contributed by atoms with Gasteiger partial charge in [0.15, 0.2) is 0 Å². The van der Waals surface area contributed by atoms with Crippen molar-refractivity contribution in [2.24, 2.45) is 5.84 Å². The first-order valence-electron chi connectivity index (χ1n) is 6.86. The maximum Gasteiger partial charge on any atom is 0.223 e. The maximum absolute atomic E-state index is 5.72. The van der Waals surface area contributed by atoms with Gasteiger partial charge in [0.1, 0.15) is 11.6 Å². The van der Waals surface area contributed by atoms with E-state index in [2.05, 4.69) is 25.2 Å². The molecular formula is C12H21N7. The molecule has 1 unspecified atom stereocenters. The summed E-state index contributed by atoms with van der Waals surface area (Å²) in [6.45, 7) is 4.33. The first kappa shape index (κ1) is 12.4. The fourth-order valence-corrected chi connectivity index (χ4v) is 3.05. The molecule has 1 aromatic rings. The molecule has 1 atom stereocenters. The molecule has 0 aliphatic carbocycles. The number of hydrogen-bond acceptors (Lipinski definition) is 7. The number of nitrogens with one attached hydrogen (secondary N) is 1. The molecule has 0 bridgehead atoms. The van der Waals surface area contributed by atoms with Gasteiger partial charge in [0.2, 0.25) is 5.95 Å². The Balaban J connectivity index is 1.77. The van der Waals surface area contributed by atoms with Gasteiger partial charge in [0, 0.05) is 31.7 Å². The Kier molecular flexibility index (Phi) is 3.39. The minimum Gasteiger partial charge on any atom is -0.368 e. The molecule has 0 spiro atoms. The Bertz CT molecular complexity index is 450. The molecule has 2 aliphatic heterocycles. The van der Waals surface area contributed by atoms with Crippen LogP contribution < -0.4 is 21.9 Å². The molecule has 2 saturated heterocycles. The number of aromatic nitrogens is 2. The quantitative estimate of drug-likeness (QED) is 0.511. The largest absolute Gasteiger partial charge is 0.368 e. The normalized spacial score (nSPS) is 24.1. The van der Waals surface area contributed by atoms with Gasteiger partial charge in [-0.2, -0.15) is 9.97 Å². The van der Waals surface area contributed by atoms with Crippen LogP contribution >= 0.6 is 0 Å². The van der Waals surface area contributed by atoms with E-state index in [1.165, 1.54) is 25.8 Å². The first-order chi connectivity index (χ1) is 9.26. The van der Waals surface area contributed by atoms with Gasteiger partial charge in [0.25, 0.3) is 0 Å². The number of fused-ring (bicyclic) bond motifs is 1. The molecule has 104 valence electrons. The second kappa shape index (κ2) is 5.18. The highest BCUT2D eigenvalue weighted by atomic mass is 15.3. The van der Waals surface area contributed by atoms with Crippen LogP contribution in [0.1, 0.15) is 19.3 Å². The van der Waals surface area contributed by atoms with E-state index in [0.29, 0.717) is 11.9 Å². The zero-order chi connectivity index (χ0) is 13.2. The van der Waals surface area contributed by atoms with Crippen LogP contribution in [0.3, 0.4) is 0 Å².